The monoisotopic (exact) mass is 546 g/mol. The second-order valence-corrected chi connectivity index (χ2v) is 8.98. The maximum atomic E-state index is 12.8. The summed E-state index contributed by atoms with van der Waals surface area (Å²) < 4.78 is 18.0. The van der Waals surface area contributed by atoms with Crippen LogP contribution in [-0.4, -0.2) is 25.8 Å². The van der Waals surface area contributed by atoms with E-state index in [0.717, 1.165) is 26.4 Å². The number of methoxy groups -OCH3 is 1. The number of hydrogen-bond donors (Lipinski definition) is 1. The third-order valence-electron chi connectivity index (χ3n) is 5.52. The minimum Gasteiger partial charge on any atom is -0.496 e. The molecule has 0 fully saturated rings. The van der Waals surface area contributed by atoms with Crippen LogP contribution in [0.15, 0.2) is 82.4 Å². The minimum absolute atomic E-state index is 0.367. The Hall–Kier alpha value is -3.84. The highest BCUT2D eigenvalue weighted by Gasteiger charge is 2.14. The van der Waals surface area contributed by atoms with Gasteiger partial charge in [-0.15, -0.1) is 0 Å². The maximum Gasteiger partial charge on any atom is 0.275 e. The van der Waals surface area contributed by atoms with Gasteiger partial charge in [-0.2, -0.15) is 5.10 Å². The number of rotatable bonds is 9. The molecule has 0 aromatic heterocycles. The largest absolute Gasteiger partial charge is 0.496 e. The summed E-state index contributed by atoms with van der Waals surface area (Å²) in [6.07, 6.45) is 1.56. The van der Waals surface area contributed by atoms with Crippen LogP contribution in [-0.2, 0) is 6.61 Å². The van der Waals surface area contributed by atoms with Crippen LogP contribution in [0.3, 0.4) is 0 Å². The SMILES string of the molecule is CCOc1cc(/C=N\NC(=O)c2cc3ccccc3cc2OC)c(Br)cc1OCc1cccc(C)c1. The lowest BCUT2D eigenvalue weighted by atomic mass is 10.1. The number of ether oxygens (including phenoxy) is 3. The molecule has 1 amide bonds. The van der Waals surface area contributed by atoms with Crippen molar-refractivity contribution in [3.8, 4) is 17.2 Å². The molecule has 184 valence electrons. The Morgan fingerprint density at radius 2 is 1.69 bits per heavy atom. The predicted molar refractivity (Wildman–Crippen MR) is 146 cm³/mol. The molecule has 36 heavy (non-hydrogen) atoms. The zero-order valence-corrected chi connectivity index (χ0v) is 22.0. The van der Waals surface area contributed by atoms with E-state index in [1.807, 2.05) is 61.5 Å². The summed E-state index contributed by atoms with van der Waals surface area (Å²) in [5, 5.41) is 6.10. The molecule has 4 aromatic carbocycles. The van der Waals surface area contributed by atoms with Crippen molar-refractivity contribution in [3.63, 3.8) is 0 Å². The van der Waals surface area contributed by atoms with Crippen LogP contribution >= 0.6 is 15.9 Å². The van der Waals surface area contributed by atoms with Gasteiger partial charge < -0.3 is 14.2 Å². The van der Waals surface area contributed by atoms with E-state index in [2.05, 4.69) is 45.5 Å². The Kier molecular flexibility index (Phi) is 8.23. The summed E-state index contributed by atoms with van der Waals surface area (Å²) in [4.78, 5) is 12.8. The zero-order chi connectivity index (χ0) is 25.5. The standard InChI is InChI=1S/C29H27BrN2O4/c1-4-35-27-15-23(25(30)16-28(27)36-18-20-9-7-8-19(2)12-20)17-31-32-29(33)24-13-21-10-5-6-11-22(21)14-26(24)34-3/h5-17H,4,18H2,1-3H3,(H,32,33)/b31-17-. The van der Waals surface area contributed by atoms with Crippen molar-refractivity contribution in [1.82, 2.24) is 5.43 Å². The van der Waals surface area contributed by atoms with Gasteiger partial charge in [-0.3, -0.25) is 4.79 Å². The second kappa shape index (κ2) is 11.7. The number of hydrazone groups is 1. The molecule has 1 N–H and O–H groups in total. The quantitative estimate of drug-likeness (QED) is 0.188. The predicted octanol–water partition coefficient (Wildman–Crippen LogP) is 6.66. The maximum absolute atomic E-state index is 12.8. The first-order valence-corrected chi connectivity index (χ1v) is 12.3. The van der Waals surface area contributed by atoms with Gasteiger partial charge in [0.2, 0.25) is 0 Å². The Balaban J connectivity index is 1.51. The van der Waals surface area contributed by atoms with Crippen molar-refractivity contribution in [1.29, 1.82) is 0 Å². The molecular weight excluding hydrogens is 520 g/mol. The van der Waals surface area contributed by atoms with E-state index in [1.165, 1.54) is 5.56 Å². The molecule has 7 heteroatoms. The van der Waals surface area contributed by atoms with Gasteiger partial charge in [0, 0.05) is 10.0 Å². The van der Waals surface area contributed by atoms with Crippen molar-refractivity contribution in [2.75, 3.05) is 13.7 Å². The summed E-state index contributed by atoms with van der Waals surface area (Å²) in [5.41, 5.74) is 5.98. The summed E-state index contributed by atoms with van der Waals surface area (Å²) in [6.45, 7) is 4.87. The number of amides is 1. The number of hydrogen-bond acceptors (Lipinski definition) is 5. The molecule has 4 rings (SSSR count). The first-order valence-electron chi connectivity index (χ1n) is 11.5. The Morgan fingerprint density at radius 1 is 0.944 bits per heavy atom. The van der Waals surface area contributed by atoms with Gasteiger partial charge >= 0.3 is 0 Å². The second-order valence-electron chi connectivity index (χ2n) is 8.13. The summed E-state index contributed by atoms with van der Waals surface area (Å²) in [6, 6.07) is 23.3. The first kappa shape index (κ1) is 25.3. The van der Waals surface area contributed by atoms with Crippen LogP contribution in [0.5, 0.6) is 17.2 Å². The van der Waals surface area contributed by atoms with Crippen LogP contribution in [0.25, 0.3) is 10.8 Å². The number of nitrogens with zero attached hydrogens (tertiary/aromatic N) is 1. The number of nitrogens with one attached hydrogen (secondary N) is 1. The minimum atomic E-state index is -0.367. The average molecular weight is 547 g/mol. The van der Waals surface area contributed by atoms with Crippen LogP contribution in [0.4, 0.5) is 0 Å². The molecule has 4 aromatic rings. The molecule has 0 radical (unpaired) electrons. The summed E-state index contributed by atoms with van der Waals surface area (Å²) >= 11 is 3.57. The molecule has 0 saturated carbocycles. The molecular formula is C29H27BrN2O4. The fourth-order valence-electron chi connectivity index (χ4n) is 3.78. The Bertz CT molecular complexity index is 1420. The molecule has 6 nitrogen and oxygen atoms in total. The summed E-state index contributed by atoms with van der Waals surface area (Å²) in [7, 11) is 1.54. The smallest absolute Gasteiger partial charge is 0.275 e. The van der Waals surface area contributed by atoms with Crippen LogP contribution < -0.4 is 19.6 Å². The van der Waals surface area contributed by atoms with Crippen molar-refractivity contribution in [3.05, 3.63) is 99.5 Å². The molecule has 0 aliphatic rings. The number of carbonyl (C=O) groups is 1. The first-order chi connectivity index (χ1) is 17.5. The van der Waals surface area contributed by atoms with Gasteiger partial charge in [-0.25, -0.2) is 5.43 Å². The molecule has 0 saturated heterocycles. The van der Waals surface area contributed by atoms with Crippen LogP contribution in [0.2, 0.25) is 0 Å². The van der Waals surface area contributed by atoms with E-state index < -0.39 is 0 Å². The lowest BCUT2D eigenvalue weighted by Crippen LogP contribution is -2.18. The molecule has 0 unspecified atom stereocenters. The highest BCUT2D eigenvalue weighted by Crippen LogP contribution is 2.34. The third-order valence-corrected chi connectivity index (χ3v) is 6.21. The fourth-order valence-corrected chi connectivity index (χ4v) is 4.21. The van der Waals surface area contributed by atoms with E-state index >= 15 is 0 Å². The van der Waals surface area contributed by atoms with Gasteiger partial charge in [-0.05, 0) is 70.4 Å². The van der Waals surface area contributed by atoms with Crippen molar-refractivity contribution < 1.29 is 19.0 Å². The Labute approximate surface area is 219 Å². The number of benzene rings is 4. The third kappa shape index (κ3) is 6.04. The van der Waals surface area contributed by atoms with Gasteiger partial charge in [0.1, 0.15) is 12.4 Å². The molecule has 0 bridgehead atoms. The van der Waals surface area contributed by atoms with E-state index in [0.29, 0.717) is 36.0 Å². The molecule has 0 spiro atoms. The van der Waals surface area contributed by atoms with E-state index in [9.17, 15) is 4.79 Å². The normalized spacial score (nSPS) is 11.0. The van der Waals surface area contributed by atoms with E-state index in [1.54, 1.807) is 19.4 Å². The van der Waals surface area contributed by atoms with Crippen molar-refractivity contribution in [2.24, 2.45) is 5.10 Å². The van der Waals surface area contributed by atoms with Gasteiger partial charge in [0.05, 0.1) is 25.5 Å². The highest BCUT2D eigenvalue weighted by molar-refractivity contribution is 9.10. The molecule has 0 aliphatic carbocycles. The van der Waals surface area contributed by atoms with E-state index in [-0.39, 0.29) is 5.91 Å². The molecule has 0 heterocycles. The topological polar surface area (TPSA) is 69.2 Å². The Morgan fingerprint density at radius 3 is 2.42 bits per heavy atom. The van der Waals surface area contributed by atoms with Gasteiger partial charge in [0.25, 0.3) is 5.91 Å². The van der Waals surface area contributed by atoms with Crippen molar-refractivity contribution >= 4 is 38.8 Å². The van der Waals surface area contributed by atoms with Crippen LogP contribution in [0, 0.1) is 6.92 Å². The number of aryl methyl sites for hydroxylation is 1. The molecule has 0 aliphatic heterocycles. The molecule has 0 atom stereocenters. The number of carbonyl (C=O) groups excluding carboxylic acids is 1. The van der Waals surface area contributed by atoms with E-state index in [4.69, 9.17) is 14.2 Å². The number of halogens is 1. The van der Waals surface area contributed by atoms with Crippen LogP contribution in [0.1, 0.15) is 34.0 Å². The number of fused-ring (bicyclic) bond motifs is 1. The average Bonchev–Trinajstić information content (AvgIpc) is 2.88. The van der Waals surface area contributed by atoms with Gasteiger partial charge in [-0.1, -0.05) is 54.1 Å². The lowest BCUT2D eigenvalue weighted by molar-refractivity contribution is 0.0952. The van der Waals surface area contributed by atoms with Crippen molar-refractivity contribution in [2.45, 2.75) is 20.5 Å². The van der Waals surface area contributed by atoms with Gasteiger partial charge in [0.15, 0.2) is 11.5 Å². The zero-order valence-electron chi connectivity index (χ0n) is 20.4. The highest BCUT2D eigenvalue weighted by atomic mass is 79.9. The fraction of sp³-hybridized carbons (Fsp3) is 0.172. The lowest BCUT2D eigenvalue weighted by Gasteiger charge is -2.14. The summed E-state index contributed by atoms with van der Waals surface area (Å²) in [5.74, 6) is 1.33.